The van der Waals surface area contributed by atoms with Crippen molar-refractivity contribution in [2.75, 3.05) is 19.7 Å². The van der Waals surface area contributed by atoms with Gasteiger partial charge in [0.25, 0.3) is 5.91 Å². The molecular formula is C19H19N5O3. The van der Waals surface area contributed by atoms with Gasteiger partial charge in [-0.2, -0.15) is 5.10 Å². The van der Waals surface area contributed by atoms with Crippen LogP contribution in [0.2, 0.25) is 0 Å². The first-order chi connectivity index (χ1) is 13.1. The number of carbonyl (C=O) groups is 1. The Morgan fingerprint density at radius 3 is 2.70 bits per heavy atom. The molecule has 3 aromatic rings. The van der Waals surface area contributed by atoms with Gasteiger partial charge in [0.05, 0.1) is 18.8 Å². The molecule has 27 heavy (non-hydrogen) atoms. The molecule has 0 radical (unpaired) electrons. The van der Waals surface area contributed by atoms with Gasteiger partial charge < -0.3 is 9.64 Å². The number of aromatic amines is 1. The van der Waals surface area contributed by atoms with Crippen LogP contribution in [0, 0.1) is 0 Å². The second-order valence-corrected chi connectivity index (χ2v) is 6.34. The number of hydrogen-bond acceptors (Lipinski definition) is 5. The number of aryl methyl sites for hydroxylation is 1. The zero-order valence-corrected chi connectivity index (χ0v) is 14.8. The van der Waals surface area contributed by atoms with Crippen LogP contribution in [0.1, 0.15) is 22.2 Å². The number of amides is 1. The van der Waals surface area contributed by atoms with Crippen molar-refractivity contribution in [2.24, 2.45) is 7.05 Å². The molecule has 1 aromatic carbocycles. The average molecular weight is 365 g/mol. The van der Waals surface area contributed by atoms with Crippen molar-refractivity contribution in [1.82, 2.24) is 24.6 Å². The van der Waals surface area contributed by atoms with Crippen molar-refractivity contribution in [3.05, 3.63) is 70.4 Å². The smallest absolute Gasteiger partial charge is 0.343 e. The molecule has 0 spiro atoms. The van der Waals surface area contributed by atoms with Crippen molar-refractivity contribution < 1.29 is 9.53 Å². The maximum absolute atomic E-state index is 12.9. The van der Waals surface area contributed by atoms with E-state index >= 15 is 0 Å². The molecule has 1 saturated heterocycles. The number of aromatic nitrogens is 4. The zero-order chi connectivity index (χ0) is 18.8. The molecule has 1 unspecified atom stereocenters. The summed E-state index contributed by atoms with van der Waals surface area (Å²) in [6.07, 6.45) is 1.50. The highest BCUT2D eigenvalue weighted by atomic mass is 16.5. The van der Waals surface area contributed by atoms with Crippen LogP contribution < -0.4 is 5.69 Å². The Morgan fingerprint density at radius 1 is 1.22 bits per heavy atom. The lowest BCUT2D eigenvalue weighted by molar-refractivity contribution is -0.0247. The molecule has 4 rings (SSSR count). The van der Waals surface area contributed by atoms with Crippen LogP contribution in [0.15, 0.2) is 53.5 Å². The number of nitrogens with one attached hydrogen (secondary N) is 1. The standard InChI is InChI=1S/C19H19N5O3/c1-23-19(26)21-17(22-23)13-5-7-14(8-6-13)18(25)24-10-11-27-16(12-24)15-4-2-3-9-20-15/h2-9,16H,10-12H2,1H3,(H,21,22,26). The summed E-state index contributed by atoms with van der Waals surface area (Å²) < 4.78 is 7.01. The molecule has 0 bridgehead atoms. The van der Waals surface area contributed by atoms with Crippen LogP contribution in [0.5, 0.6) is 0 Å². The third-order valence-corrected chi connectivity index (χ3v) is 4.55. The molecular weight excluding hydrogens is 346 g/mol. The highest BCUT2D eigenvalue weighted by Gasteiger charge is 2.26. The minimum absolute atomic E-state index is 0.0553. The van der Waals surface area contributed by atoms with Gasteiger partial charge in [-0.3, -0.25) is 14.8 Å². The van der Waals surface area contributed by atoms with E-state index in [0.29, 0.717) is 31.1 Å². The second kappa shape index (κ2) is 7.16. The number of rotatable bonds is 3. The fourth-order valence-corrected chi connectivity index (χ4v) is 3.06. The average Bonchev–Trinajstić information content (AvgIpc) is 3.07. The van der Waals surface area contributed by atoms with E-state index in [-0.39, 0.29) is 17.7 Å². The maximum Gasteiger partial charge on any atom is 0.343 e. The SMILES string of the molecule is Cn1nc(-c2ccc(C(=O)N3CCOC(c4ccccn4)C3)cc2)[nH]c1=O. The van der Waals surface area contributed by atoms with Gasteiger partial charge in [0.2, 0.25) is 0 Å². The summed E-state index contributed by atoms with van der Waals surface area (Å²) in [5, 5.41) is 4.12. The van der Waals surface area contributed by atoms with Crippen LogP contribution >= 0.6 is 0 Å². The first kappa shape index (κ1) is 17.2. The number of hydrogen-bond donors (Lipinski definition) is 1. The van der Waals surface area contributed by atoms with E-state index in [1.807, 2.05) is 18.2 Å². The molecule has 0 saturated carbocycles. The normalized spacial score (nSPS) is 17.1. The number of nitrogens with zero attached hydrogens (tertiary/aromatic N) is 4. The summed E-state index contributed by atoms with van der Waals surface area (Å²) in [7, 11) is 1.58. The number of benzene rings is 1. The van der Waals surface area contributed by atoms with E-state index in [1.165, 1.54) is 4.68 Å². The zero-order valence-electron chi connectivity index (χ0n) is 14.8. The van der Waals surface area contributed by atoms with Gasteiger partial charge >= 0.3 is 5.69 Å². The predicted octanol–water partition coefficient (Wildman–Crippen LogP) is 1.38. The van der Waals surface area contributed by atoms with E-state index in [9.17, 15) is 9.59 Å². The summed E-state index contributed by atoms with van der Waals surface area (Å²) in [5.74, 6) is 0.420. The van der Waals surface area contributed by atoms with Crippen molar-refractivity contribution in [3.63, 3.8) is 0 Å². The Balaban J connectivity index is 1.49. The van der Waals surface area contributed by atoms with E-state index in [0.717, 1.165) is 11.3 Å². The molecule has 2 aromatic heterocycles. The monoisotopic (exact) mass is 365 g/mol. The van der Waals surface area contributed by atoms with Gasteiger partial charge in [0.1, 0.15) is 6.10 Å². The fourth-order valence-electron chi connectivity index (χ4n) is 3.06. The lowest BCUT2D eigenvalue weighted by atomic mass is 10.1. The molecule has 1 fully saturated rings. The van der Waals surface area contributed by atoms with Crippen LogP contribution in [-0.4, -0.2) is 50.3 Å². The number of pyridine rings is 1. The second-order valence-electron chi connectivity index (χ2n) is 6.34. The van der Waals surface area contributed by atoms with Crippen molar-refractivity contribution in [2.45, 2.75) is 6.10 Å². The molecule has 1 N–H and O–H groups in total. The van der Waals surface area contributed by atoms with E-state index in [1.54, 1.807) is 42.4 Å². The molecule has 1 aliphatic heterocycles. The predicted molar refractivity (Wildman–Crippen MR) is 98.1 cm³/mol. The van der Waals surface area contributed by atoms with Gasteiger partial charge in [-0.15, -0.1) is 0 Å². The van der Waals surface area contributed by atoms with Gasteiger partial charge in [-0.1, -0.05) is 18.2 Å². The summed E-state index contributed by atoms with van der Waals surface area (Å²) in [6, 6.07) is 12.7. The quantitative estimate of drug-likeness (QED) is 0.757. The molecule has 3 heterocycles. The Kier molecular flexibility index (Phi) is 4.55. The molecule has 138 valence electrons. The number of morpholine rings is 1. The Labute approximate surface area is 155 Å². The Bertz CT molecular complexity index is 994. The molecule has 8 heteroatoms. The van der Waals surface area contributed by atoms with Crippen LogP contribution in [-0.2, 0) is 11.8 Å². The Hall–Kier alpha value is -3.26. The largest absolute Gasteiger partial charge is 0.368 e. The van der Waals surface area contributed by atoms with Gasteiger partial charge in [-0.25, -0.2) is 9.48 Å². The highest BCUT2D eigenvalue weighted by molar-refractivity contribution is 5.94. The Morgan fingerprint density at radius 2 is 2.04 bits per heavy atom. The molecule has 1 aliphatic rings. The number of carbonyl (C=O) groups excluding carboxylic acids is 1. The number of H-pyrrole nitrogens is 1. The van der Waals surface area contributed by atoms with Crippen LogP contribution in [0.3, 0.4) is 0 Å². The third-order valence-electron chi connectivity index (χ3n) is 4.55. The first-order valence-corrected chi connectivity index (χ1v) is 8.67. The van der Waals surface area contributed by atoms with E-state index in [4.69, 9.17) is 4.74 Å². The topological polar surface area (TPSA) is 93.1 Å². The lowest BCUT2D eigenvalue weighted by Crippen LogP contribution is -2.42. The van der Waals surface area contributed by atoms with Crippen molar-refractivity contribution in [3.8, 4) is 11.4 Å². The summed E-state index contributed by atoms with van der Waals surface area (Å²) in [4.78, 5) is 33.1. The van der Waals surface area contributed by atoms with Gasteiger partial charge in [-0.05, 0) is 24.3 Å². The van der Waals surface area contributed by atoms with Crippen LogP contribution in [0.4, 0.5) is 0 Å². The van der Waals surface area contributed by atoms with Gasteiger partial charge in [0.15, 0.2) is 5.82 Å². The minimum atomic E-state index is -0.279. The lowest BCUT2D eigenvalue weighted by Gasteiger charge is -2.32. The summed E-state index contributed by atoms with van der Waals surface area (Å²) in [6.45, 7) is 1.48. The molecule has 0 aliphatic carbocycles. The van der Waals surface area contributed by atoms with Gasteiger partial charge in [0, 0.05) is 30.9 Å². The van der Waals surface area contributed by atoms with E-state index < -0.39 is 0 Å². The summed E-state index contributed by atoms with van der Waals surface area (Å²) >= 11 is 0. The molecule has 1 amide bonds. The fraction of sp³-hybridized carbons (Fsp3) is 0.263. The maximum atomic E-state index is 12.9. The molecule has 1 atom stereocenters. The third kappa shape index (κ3) is 3.52. The first-order valence-electron chi connectivity index (χ1n) is 8.67. The number of ether oxygens (including phenoxy) is 1. The minimum Gasteiger partial charge on any atom is -0.368 e. The highest BCUT2D eigenvalue weighted by Crippen LogP contribution is 2.22. The van der Waals surface area contributed by atoms with E-state index in [2.05, 4.69) is 15.1 Å². The van der Waals surface area contributed by atoms with Crippen molar-refractivity contribution in [1.29, 1.82) is 0 Å². The molecule has 8 nitrogen and oxygen atoms in total. The van der Waals surface area contributed by atoms with Crippen molar-refractivity contribution >= 4 is 5.91 Å². The summed E-state index contributed by atoms with van der Waals surface area (Å²) in [5.41, 5.74) is 1.87. The van der Waals surface area contributed by atoms with Crippen LogP contribution in [0.25, 0.3) is 11.4 Å².